The van der Waals surface area contributed by atoms with Crippen molar-refractivity contribution in [2.24, 2.45) is 0 Å². The van der Waals surface area contributed by atoms with Crippen molar-refractivity contribution in [2.75, 3.05) is 19.0 Å². The van der Waals surface area contributed by atoms with Crippen LogP contribution in [0.15, 0.2) is 53.7 Å². The SMILES string of the molecule is CC1=C(C(=O)N(C)C)[C@@H](c2c(F)cccc2F)NC(=S)N1c1cccc(C)c1. The van der Waals surface area contributed by atoms with Crippen LogP contribution >= 0.6 is 12.2 Å². The standard InChI is InChI=1S/C21H21F2N3OS/c1-12-7-5-8-14(11-12)26-13(2)17(20(27)25(3)4)19(24-21(26)28)18-15(22)9-6-10-16(18)23/h5-11,19H,1-4H3,(H,24,28)/t19-/m0/s1. The summed E-state index contributed by atoms with van der Waals surface area (Å²) in [6.45, 7) is 3.68. The Morgan fingerprint density at radius 1 is 1.11 bits per heavy atom. The fourth-order valence-electron chi connectivity index (χ4n) is 3.34. The first-order chi connectivity index (χ1) is 13.2. The van der Waals surface area contributed by atoms with Crippen molar-refractivity contribution in [3.63, 3.8) is 0 Å². The Bertz CT molecular complexity index is 967. The van der Waals surface area contributed by atoms with Crippen LogP contribution in [0.1, 0.15) is 24.1 Å². The van der Waals surface area contributed by atoms with E-state index in [1.165, 1.54) is 23.1 Å². The fourth-order valence-corrected chi connectivity index (χ4v) is 3.70. The number of likely N-dealkylation sites (N-methyl/N-ethyl adjacent to an activating group) is 1. The van der Waals surface area contributed by atoms with E-state index >= 15 is 0 Å². The maximum absolute atomic E-state index is 14.5. The molecule has 0 fully saturated rings. The van der Waals surface area contributed by atoms with Crippen molar-refractivity contribution in [3.05, 3.63) is 76.5 Å². The van der Waals surface area contributed by atoms with Crippen LogP contribution in [0, 0.1) is 18.6 Å². The molecule has 3 rings (SSSR count). The molecule has 2 aromatic carbocycles. The third-order valence-corrected chi connectivity index (χ3v) is 4.97. The Kier molecular flexibility index (Phi) is 5.47. The summed E-state index contributed by atoms with van der Waals surface area (Å²) >= 11 is 5.51. The second-order valence-electron chi connectivity index (χ2n) is 6.89. The van der Waals surface area contributed by atoms with Gasteiger partial charge in [-0.1, -0.05) is 18.2 Å². The number of aryl methyl sites for hydroxylation is 1. The van der Waals surface area contributed by atoms with E-state index in [9.17, 15) is 13.6 Å². The molecule has 0 aromatic heterocycles. The predicted octanol–water partition coefficient (Wildman–Crippen LogP) is 4.07. The minimum atomic E-state index is -1.02. The van der Waals surface area contributed by atoms with E-state index in [0.29, 0.717) is 5.70 Å². The number of rotatable bonds is 3. The number of benzene rings is 2. The van der Waals surface area contributed by atoms with Gasteiger partial charge in [0.1, 0.15) is 11.6 Å². The summed E-state index contributed by atoms with van der Waals surface area (Å²) in [7, 11) is 3.20. The highest BCUT2D eigenvalue weighted by atomic mass is 32.1. The second-order valence-corrected chi connectivity index (χ2v) is 7.28. The van der Waals surface area contributed by atoms with Crippen molar-refractivity contribution in [2.45, 2.75) is 19.9 Å². The Morgan fingerprint density at radius 3 is 2.29 bits per heavy atom. The number of nitrogens with zero attached hydrogens (tertiary/aromatic N) is 2. The molecule has 0 saturated heterocycles. The molecule has 2 aromatic rings. The Morgan fingerprint density at radius 2 is 1.71 bits per heavy atom. The number of halogens is 2. The lowest BCUT2D eigenvalue weighted by atomic mass is 9.93. The van der Waals surface area contributed by atoms with E-state index in [1.54, 1.807) is 25.9 Å². The highest BCUT2D eigenvalue weighted by molar-refractivity contribution is 7.80. The molecular formula is C21H21F2N3OS. The van der Waals surface area contributed by atoms with Gasteiger partial charge in [0.15, 0.2) is 5.11 Å². The minimum Gasteiger partial charge on any atom is -0.351 e. The van der Waals surface area contributed by atoms with E-state index in [4.69, 9.17) is 12.2 Å². The molecule has 1 heterocycles. The lowest BCUT2D eigenvalue weighted by Crippen LogP contribution is -2.49. The highest BCUT2D eigenvalue weighted by Crippen LogP contribution is 2.36. The van der Waals surface area contributed by atoms with E-state index in [0.717, 1.165) is 11.3 Å². The average molecular weight is 401 g/mol. The number of allylic oxidation sites excluding steroid dienone is 1. The summed E-state index contributed by atoms with van der Waals surface area (Å²) in [6.07, 6.45) is 0. The molecule has 1 aliphatic rings. The minimum absolute atomic E-state index is 0.224. The number of amides is 1. The summed E-state index contributed by atoms with van der Waals surface area (Å²) in [5, 5.41) is 3.24. The smallest absolute Gasteiger partial charge is 0.253 e. The van der Waals surface area contributed by atoms with Gasteiger partial charge in [-0.25, -0.2) is 8.78 Å². The zero-order valence-corrected chi connectivity index (χ0v) is 16.9. The van der Waals surface area contributed by atoms with E-state index < -0.39 is 17.7 Å². The van der Waals surface area contributed by atoms with Gasteiger partial charge in [0.2, 0.25) is 0 Å². The normalized spacial score (nSPS) is 16.9. The van der Waals surface area contributed by atoms with Crippen molar-refractivity contribution in [1.29, 1.82) is 0 Å². The molecule has 7 heteroatoms. The van der Waals surface area contributed by atoms with Gasteiger partial charge < -0.3 is 10.2 Å². The third-order valence-electron chi connectivity index (χ3n) is 4.67. The molecular weight excluding hydrogens is 380 g/mol. The maximum Gasteiger partial charge on any atom is 0.253 e. The van der Waals surface area contributed by atoms with Crippen LogP contribution in [0.2, 0.25) is 0 Å². The summed E-state index contributed by atoms with van der Waals surface area (Å²) in [5.41, 5.74) is 2.34. The number of carbonyl (C=O) groups is 1. The Balaban J connectivity index is 2.23. The number of thiocarbonyl (C=S) groups is 1. The molecule has 1 amide bonds. The lowest BCUT2D eigenvalue weighted by molar-refractivity contribution is -0.125. The zero-order chi connectivity index (χ0) is 20.6. The third kappa shape index (κ3) is 3.49. The number of hydrogen-bond donors (Lipinski definition) is 1. The molecule has 1 N–H and O–H groups in total. The van der Waals surface area contributed by atoms with Crippen molar-refractivity contribution in [3.8, 4) is 0 Å². The summed E-state index contributed by atoms with van der Waals surface area (Å²) in [5.74, 6) is -1.82. The van der Waals surface area contributed by atoms with Gasteiger partial charge in [-0.3, -0.25) is 9.69 Å². The Labute approximate surface area is 168 Å². The first-order valence-electron chi connectivity index (χ1n) is 8.76. The fraction of sp³-hybridized carbons (Fsp3) is 0.238. The molecule has 0 radical (unpaired) electrons. The average Bonchev–Trinajstić information content (AvgIpc) is 2.61. The van der Waals surface area contributed by atoms with Crippen LogP contribution in [0.5, 0.6) is 0 Å². The molecule has 0 spiro atoms. The molecule has 146 valence electrons. The monoisotopic (exact) mass is 401 g/mol. The zero-order valence-electron chi connectivity index (χ0n) is 16.1. The van der Waals surface area contributed by atoms with Crippen molar-refractivity contribution >= 4 is 28.9 Å². The van der Waals surface area contributed by atoms with Crippen LogP contribution in [-0.4, -0.2) is 30.0 Å². The highest BCUT2D eigenvalue weighted by Gasteiger charge is 2.37. The van der Waals surface area contributed by atoms with Gasteiger partial charge in [0.25, 0.3) is 5.91 Å². The van der Waals surface area contributed by atoms with Crippen LogP contribution in [0.4, 0.5) is 14.5 Å². The molecule has 0 bridgehead atoms. The maximum atomic E-state index is 14.5. The van der Waals surface area contributed by atoms with Crippen molar-refractivity contribution < 1.29 is 13.6 Å². The molecule has 0 aliphatic carbocycles. The van der Waals surface area contributed by atoms with Crippen LogP contribution in [0.25, 0.3) is 0 Å². The molecule has 4 nitrogen and oxygen atoms in total. The van der Waals surface area contributed by atoms with Gasteiger partial charge >= 0.3 is 0 Å². The second kappa shape index (κ2) is 7.67. The summed E-state index contributed by atoms with van der Waals surface area (Å²) in [6, 6.07) is 10.2. The summed E-state index contributed by atoms with van der Waals surface area (Å²) < 4.78 is 29.0. The molecule has 0 saturated carbocycles. The largest absolute Gasteiger partial charge is 0.351 e. The number of nitrogens with one attached hydrogen (secondary N) is 1. The lowest BCUT2D eigenvalue weighted by Gasteiger charge is -2.38. The first-order valence-corrected chi connectivity index (χ1v) is 9.16. The van der Waals surface area contributed by atoms with Crippen molar-refractivity contribution in [1.82, 2.24) is 10.2 Å². The van der Waals surface area contributed by atoms with E-state index in [1.807, 2.05) is 31.2 Å². The topological polar surface area (TPSA) is 35.6 Å². The number of anilines is 1. The van der Waals surface area contributed by atoms with E-state index in [2.05, 4.69) is 5.32 Å². The van der Waals surface area contributed by atoms with Gasteiger partial charge in [-0.2, -0.15) is 0 Å². The Hall–Kier alpha value is -2.80. The predicted molar refractivity (Wildman–Crippen MR) is 110 cm³/mol. The number of carbonyl (C=O) groups excluding carboxylic acids is 1. The first kappa shape index (κ1) is 19.9. The van der Waals surface area contributed by atoms with Gasteiger partial charge in [0.05, 0.1) is 17.2 Å². The van der Waals surface area contributed by atoms with Crippen LogP contribution in [-0.2, 0) is 4.79 Å². The van der Waals surface area contributed by atoms with Crippen LogP contribution in [0.3, 0.4) is 0 Å². The van der Waals surface area contributed by atoms with Gasteiger partial charge in [-0.05, 0) is 55.9 Å². The van der Waals surface area contributed by atoms with Gasteiger partial charge in [0, 0.05) is 25.5 Å². The van der Waals surface area contributed by atoms with E-state index in [-0.39, 0.29) is 22.2 Å². The van der Waals surface area contributed by atoms with Gasteiger partial charge in [-0.15, -0.1) is 0 Å². The molecule has 1 aliphatic heterocycles. The summed E-state index contributed by atoms with van der Waals surface area (Å²) in [4.78, 5) is 16.1. The van der Waals surface area contributed by atoms with Crippen LogP contribution < -0.4 is 10.2 Å². The molecule has 28 heavy (non-hydrogen) atoms. The number of hydrogen-bond acceptors (Lipinski definition) is 2. The molecule has 1 atom stereocenters. The quantitative estimate of drug-likeness (QED) is 0.787. The molecule has 0 unspecified atom stereocenters.